The number of benzene rings is 1. The van der Waals surface area contributed by atoms with Crippen LogP contribution in [0.15, 0.2) is 30.3 Å². The number of rotatable bonds is 6. The lowest BCUT2D eigenvalue weighted by atomic mass is 9.99. The number of likely N-dealkylation sites (tertiary alicyclic amines) is 1. The van der Waals surface area contributed by atoms with E-state index in [0.717, 1.165) is 39.0 Å². The van der Waals surface area contributed by atoms with Crippen LogP contribution in [0.3, 0.4) is 0 Å². The molecular weight excluding hydrogens is 298 g/mol. The Labute approximate surface area is 146 Å². The Morgan fingerprint density at radius 3 is 2.75 bits per heavy atom. The van der Waals surface area contributed by atoms with Gasteiger partial charge in [0, 0.05) is 39.1 Å². The normalized spacial score (nSPS) is 27.5. The minimum absolute atomic E-state index is 0.232. The SMILES string of the molecule is CN(CC1CCN(Cc2ccccc2)C1)C(=O)C[C@@H]1CCC[C@H]1N. The van der Waals surface area contributed by atoms with Crippen LogP contribution >= 0.6 is 0 Å². The van der Waals surface area contributed by atoms with Crippen molar-refractivity contribution in [3.63, 3.8) is 0 Å². The second-order valence-electron chi connectivity index (χ2n) is 7.71. The third-order valence-corrected chi connectivity index (χ3v) is 5.73. The van der Waals surface area contributed by atoms with Crippen LogP contribution in [0.4, 0.5) is 0 Å². The largest absolute Gasteiger partial charge is 0.345 e. The Balaban J connectivity index is 1.42. The third-order valence-electron chi connectivity index (χ3n) is 5.73. The van der Waals surface area contributed by atoms with E-state index in [2.05, 4.69) is 35.2 Å². The maximum absolute atomic E-state index is 12.5. The molecule has 1 aliphatic heterocycles. The van der Waals surface area contributed by atoms with E-state index in [4.69, 9.17) is 5.73 Å². The number of carbonyl (C=O) groups is 1. The number of nitrogens with zero attached hydrogens (tertiary/aromatic N) is 2. The Morgan fingerprint density at radius 1 is 1.25 bits per heavy atom. The first kappa shape index (κ1) is 17.4. The molecule has 0 aromatic heterocycles. The molecule has 4 heteroatoms. The van der Waals surface area contributed by atoms with E-state index in [1.807, 2.05) is 11.9 Å². The number of amides is 1. The Hall–Kier alpha value is -1.39. The summed E-state index contributed by atoms with van der Waals surface area (Å²) in [5.41, 5.74) is 7.48. The fourth-order valence-corrected chi connectivity index (χ4v) is 4.24. The molecule has 2 aliphatic rings. The predicted octanol–water partition coefficient (Wildman–Crippen LogP) is 2.48. The molecule has 1 aromatic rings. The van der Waals surface area contributed by atoms with Crippen LogP contribution in [0, 0.1) is 11.8 Å². The first-order valence-corrected chi connectivity index (χ1v) is 9.37. The molecule has 24 heavy (non-hydrogen) atoms. The number of carbonyl (C=O) groups excluding carboxylic acids is 1. The van der Waals surface area contributed by atoms with Crippen LogP contribution in [-0.4, -0.2) is 48.4 Å². The minimum atomic E-state index is 0.232. The van der Waals surface area contributed by atoms with Gasteiger partial charge in [-0.3, -0.25) is 9.69 Å². The molecule has 1 saturated carbocycles. The first-order chi connectivity index (χ1) is 11.6. The highest BCUT2D eigenvalue weighted by atomic mass is 16.2. The third kappa shape index (κ3) is 4.58. The highest BCUT2D eigenvalue weighted by molar-refractivity contribution is 5.76. The van der Waals surface area contributed by atoms with E-state index in [-0.39, 0.29) is 11.9 Å². The summed E-state index contributed by atoms with van der Waals surface area (Å²) in [5.74, 6) is 1.27. The summed E-state index contributed by atoms with van der Waals surface area (Å²) in [6.45, 7) is 4.13. The fraction of sp³-hybridized carbons (Fsp3) is 0.650. The lowest BCUT2D eigenvalue weighted by Crippen LogP contribution is -2.36. The summed E-state index contributed by atoms with van der Waals surface area (Å²) < 4.78 is 0. The Morgan fingerprint density at radius 2 is 2.04 bits per heavy atom. The van der Waals surface area contributed by atoms with Crippen molar-refractivity contribution in [2.24, 2.45) is 17.6 Å². The molecule has 0 bridgehead atoms. The summed E-state index contributed by atoms with van der Waals surface area (Å²) in [6.07, 6.45) is 5.21. The summed E-state index contributed by atoms with van der Waals surface area (Å²) in [7, 11) is 1.96. The molecule has 1 unspecified atom stereocenters. The molecule has 4 nitrogen and oxygen atoms in total. The van der Waals surface area contributed by atoms with Gasteiger partial charge < -0.3 is 10.6 Å². The number of hydrogen-bond acceptors (Lipinski definition) is 3. The second-order valence-corrected chi connectivity index (χ2v) is 7.71. The van der Waals surface area contributed by atoms with Crippen LogP contribution in [0.25, 0.3) is 0 Å². The highest BCUT2D eigenvalue weighted by Gasteiger charge is 2.29. The molecular formula is C20H31N3O. The molecule has 3 atom stereocenters. The van der Waals surface area contributed by atoms with Crippen molar-refractivity contribution in [3.8, 4) is 0 Å². The zero-order valence-electron chi connectivity index (χ0n) is 14.9. The lowest BCUT2D eigenvalue weighted by Gasteiger charge is -2.24. The highest BCUT2D eigenvalue weighted by Crippen LogP contribution is 2.27. The molecule has 2 N–H and O–H groups in total. The van der Waals surface area contributed by atoms with Crippen molar-refractivity contribution in [3.05, 3.63) is 35.9 Å². The summed E-state index contributed by atoms with van der Waals surface area (Å²) in [4.78, 5) is 16.9. The Bertz CT molecular complexity index is 533. The van der Waals surface area contributed by atoms with Crippen molar-refractivity contribution < 1.29 is 4.79 Å². The van der Waals surface area contributed by atoms with Gasteiger partial charge >= 0.3 is 0 Å². The van der Waals surface area contributed by atoms with E-state index >= 15 is 0 Å². The average molecular weight is 329 g/mol. The van der Waals surface area contributed by atoms with Gasteiger partial charge in [0.15, 0.2) is 0 Å². The quantitative estimate of drug-likeness (QED) is 0.872. The molecule has 1 heterocycles. The van der Waals surface area contributed by atoms with E-state index in [1.54, 1.807) is 0 Å². The maximum atomic E-state index is 12.5. The Kier molecular flexibility index (Phi) is 5.90. The van der Waals surface area contributed by atoms with Crippen LogP contribution in [0.1, 0.15) is 37.7 Å². The maximum Gasteiger partial charge on any atom is 0.222 e. The molecule has 2 fully saturated rings. The second kappa shape index (κ2) is 8.13. The summed E-state index contributed by atoms with van der Waals surface area (Å²) >= 11 is 0. The van der Waals surface area contributed by atoms with Crippen molar-refractivity contribution in [1.29, 1.82) is 0 Å². The molecule has 0 spiro atoms. The molecule has 132 valence electrons. The van der Waals surface area contributed by atoms with Gasteiger partial charge in [-0.15, -0.1) is 0 Å². The van der Waals surface area contributed by atoms with E-state index < -0.39 is 0 Å². The fourth-order valence-electron chi connectivity index (χ4n) is 4.24. The topological polar surface area (TPSA) is 49.6 Å². The van der Waals surface area contributed by atoms with E-state index in [0.29, 0.717) is 18.3 Å². The monoisotopic (exact) mass is 329 g/mol. The van der Waals surface area contributed by atoms with Gasteiger partial charge in [-0.25, -0.2) is 0 Å². The predicted molar refractivity (Wildman–Crippen MR) is 97.4 cm³/mol. The van der Waals surface area contributed by atoms with Crippen molar-refractivity contribution in [2.45, 2.75) is 44.7 Å². The average Bonchev–Trinajstić information content (AvgIpc) is 3.18. The smallest absolute Gasteiger partial charge is 0.222 e. The zero-order chi connectivity index (χ0) is 16.9. The lowest BCUT2D eigenvalue weighted by molar-refractivity contribution is -0.131. The molecule has 3 rings (SSSR count). The summed E-state index contributed by atoms with van der Waals surface area (Å²) in [5, 5.41) is 0. The molecule has 1 amide bonds. The van der Waals surface area contributed by atoms with Crippen LogP contribution < -0.4 is 5.73 Å². The van der Waals surface area contributed by atoms with Gasteiger partial charge in [0.25, 0.3) is 0 Å². The van der Waals surface area contributed by atoms with E-state index in [9.17, 15) is 4.79 Å². The number of nitrogens with two attached hydrogens (primary N) is 1. The van der Waals surface area contributed by atoms with E-state index in [1.165, 1.54) is 18.4 Å². The van der Waals surface area contributed by atoms with Gasteiger partial charge in [0.2, 0.25) is 5.91 Å². The molecule has 1 aliphatic carbocycles. The first-order valence-electron chi connectivity index (χ1n) is 9.37. The molecule has 1 aromatic carbocycles. The zero-order valence-corrected chi connectivity index (χ0v) is 14.9. The van der Waals surface area contributed by atoms with Crippen molar-refractivity contribution >= 4 is 5.91 Å². The molecule has 1 saturated heterocycles. The molecule has 0 radical (unpaired) electrons. The van der Waals surface area contributed by atoms with Gasteiger partial charge in [-0.2, -0.15) is 0 Å². The van der Waals surface area contributed by atoms with Gasteiger partial charge in [-0.05, 0) is 43.2 Å². The summed E-state index contributed by atoms with van der Waals surface area (Å²) in [6, 6.07) is 10.9. The van der Waals surface area contributed by atoms with Crippen molar-refractivity contribution in [2.75, 3.05) is 26.7 Å². The van der Waals surface area contributed by atoms with Gasteiger partial charge in [0.05, 0.1) is 0 Å². The van der Waals surface area contributed by atoms with Crippen LogP contribution in [0.2, 0.25) is 0 Å². The minimum Gasteiger partial charge on any atom is -0.345 e. The van der Waals surface area contributed by atoms with Crippen LogP contribution in [0.5, 0.6) is 0 Å². The van der Waals surface area contributed by atoms with Gasteiger partial charge in [0.1, 0.15) is 0 Å². The standard InChI is InChI=1S/C20H31N3O/c1-22(20(24)12-18-8-5-9-19(18)21)13-17-10-11-23(15-17)14-16-6-3-2-4-7-16/h2-4,6-7,17-19H,5,8-15,21H2,1H3/t17?,18-,19+/m0/s1. The van der Waals surface area contributed by atoms with Gasteiger partial charge in [-0.1, -0.05) is 36.8 Å². The van der Waals surface area contributed by atoms with Crippen LogP contribution in [-0.2, 0) is 11.3 Å². The number of hydrogen-bond donors (Lipinski definition) is 1. The van der Waals surface area contributed by atoms with Crippen molar-refractivity contribution in [1.82, 2.24) is 9.80 Å².